The lowest BCUT2D eigenvalue weighted by molar-refractivity contribution is 0.357. The monoisotopic (exact) mass is 583 g/mol. The summed E-state index contributed by atoms with van der Waals surface area (Å²) in [5.74, 6) is 1.30. The zero-order valence-corrected chi connectivity index (χ0v) is 26.0. The van der Waals surface area contributed by atoms with Crippen LogP contribution in [0.3, 0.4) is 0 Å². The molecule has 0 radical (unpaired) electrons. The van der Waals surface area contributed by atoms with Gasteiger partial charge >= 0.3 is 0 Å². The molecule has 2 aromatic heterocycles. The fourth-order valence-electron chi connectivity index (χ4n) is 6.98. The highest BCUT2D eigenvalue weighted by molar-refractivity contribution is 7.80. The minimum Gasteiger partial charge on any atom is -0.370 e. The molecule has 0 aliphatic carbocycles. The molecule has 212 valence electrons. The summed E-state index contributed by atoms with van der Waals surface area (Å²) in [5, 5.41) is 5.05. The molecule has 0 spiro atoms. The molecule has 6 rings (SSSR count). The first-order chi connectivity index (χ1) is 19.7. The summed E-state index contributed by atoms with van der Waals surface area (Å²) in [6.07, 6.45) is 3.11. The molecule has 2 saturated heterocycles. The third kappa shape index (κ3) is 5.13. The lowest BCUT2D eigenvalue weighted by Crippen LogP contribution is -2.38. The van der Waals surface area contributed by atoms with Crippen LogP contribution in [-0.4, -0.2) is 27.8 Å². The predicted octanol–water partition coefficient (Wildman–Crippen LogP) is 8.11. The summed E-state index contributed by atoms with van der Waals surface area (Å²) in [7, 11) is 0. The van der Waals surface area contributed by atoms with E-state index in [1.165, 1.54) is 34.6 Å². The molecule has 41 heavy (non-hydrogen) atoms. The maximum Gasteiger partial charge on any atom is 0.174 e. The van der Waals surface area contributed by atoms with E-state index in [2.05, 4.69) is 109 Å². The molecule has 4 aromatic rings. The van der Waals surface area contributed by atoms with E-state index in [0.717, 1.165) is 35.2 Å². The van der Waals surface area contributed by atoms with Gasteiger partial charge in [-0.15, -0.1) is 0 Å². The third-order valence-corrected chi connectivity index (χ3v) is 9.28. The zero-order valence-electron chi connectivity index (χ0n) is 24.4. The van der Waals surface area contributed by atoms with Gasteiger partial charge in [0.15, 0.2) is 5.11 Å². The Morgan fingerprint density at radius 1 is 0.902 bits per heavy atom. The van der Waals surface area contributed by atoms with Crippen LogP contribution in [0, 0.1) is 32.6 Å². The molecule has 2 aliphatic heterocycles. The van der Waals surface area contributed by atoms with E-state index in [-0.39, 0.29) is 12.1 Å². The summed E-state index contributed by atoms with van der Waals surface area (Å²) in [5.41, 5.74) is 9.07. The number of aromatic nitrogens is 2. The van der Waals surface area contributed by atoms with Crippen LogP contribution in [0.15, 0.2) is 72.9 Å². The molecule has 0 bridgehead atoms. The van der Waals surface area contributed by atoms with Gasteiger partial charge < -0.3 is 19.7 Å². The molecule has 2 aromatic carbocycles. The van der Waals surface area contributed by atoms with Gasteiger partial charge in [-0.25, -0.2) is 0 Å². The molecule has 0 unspecified atom stereocenters. The maximum atomic E-state index is 7.04. The van der Waals surface area contributed by atoms with E-state index in [0.29, 0.717) is 16.9 Å². The summed E-state index contributed by atoms with van der Waals surface area (Å²) in [6, 6.07) is 23.1. The number of pyridine rings is 1. The van der Waals surface area contributed by atoms with Crippen molar-refractivity contribution in [2.24, 2.45) is 11.8 Å². The van der Waals surface area contributed by atoms with Crippen molar-refractivity contribution in [1.82, 2.24) is 14.9 Å². The highest BCUT2D eigenvalue weighted by atomic mass is 35.5. The van der Waals surface area contributed by atoms with Gasteiger partial charge in [0.05, 0.1) is 28.5 Å². The Morgan fingerprint density at radius 2 is 1.63 bits per heavy atom. The van der Waals surface area contributed by atoms with E-state index in [1.807, 2.05) is 18.3 Å². The van der Waals surface area contributed by atoms with E-state index in [4.69, 9.17) is 28.8 Å². The number of thiocarbonyl (C=S) groups is 1. The molecular formula is C34H38ClN5S. The molecule has 7 heteroatoms. The maximum absolute atomic E-state index is 7.04. The van der Waals surface area contributed by atoms with E-state index in [1.54, 1.807) is 0 Å². The summed E-state index contributed by atoms with van der Waals surface area (Å²) >= 11 is 13.1. The lowest BCUT2D eigenvalue weighted by atomic mass is 9.91. The van der Waals surface area contributed by atoms with Crippen LogP contribution >= 0.6 is 23.8 Å². The van der Waals surface area contributed by atoms with Crippen LogP contribution in [0.4, 0.5) is 11.4 Å². The van der Waals surface area contributed by atoms with Gasteiger partial charge in [0.1, 0.15) is 0 Å². The van der Waals surface area contributed by atoms with Gasteiger partial charge in [0.2, 0.25) is 0 Å². The minimum absolute atomic E-state index is 0.0988. The van der Waals surface area contributed by atoms with E-state index >= 15 is 0 Å². The third-order valence-electron chi connectivity index (χ3n) is 8.66. The average molecular weight is 584 g/mol. The van der Waals surface area contributed by atoms with Crippen molar-refractivity contribution >= 4 is 40.3 Å². The van der Waals surface area contributed by atoms with Crippen molar-refractivity contribution in [1.29, 1.82) is 0 Å². The smallest absolute Gasteiger partial charge is 0.174 e. The second-order valence-corrected chi connectivity index (χ2v) is 12.7. The Kier molecular flexibility index (Phi) is 7.56. The standard InChI is InChI=1S/C34H38ClN5S/c1-21-16-22(2)20-38(19-21)31-14-13-26(18-28(31)35)40-33(32(37-34(40)41)29-11-8-9-15-36-29)27-17-24(4)39(25(27)5)30-12-7-6-10-23(30)3/h6-15,17-18,21-22,32-33H,16,19-20H2,1-5H3,(H,37,41)/t21-,22-,32+,33-/m1/s1. The summed E-state index contributed by atoms with van der Waals surface area (Å²) < 4.78 is 2.36. The van der Waals surface area contributed by atoms with Crippen molar-refractivity contribution in [2.75, 3.05) is 22.9 Å². The first-order valence-corrected chi connectivity index (χ1v) is 15.3. The van der Waals surface area contributed by atoms with Gasteiger partial charge in [-0.1, -0.05) is 49.7 Å². The first-order valence-electron chi connectivity index (χ1n) is 14.5. The van der Waals surface area contributed by atoms with Crippen LogP contribution in [0.5, 0.6) is 0 Å². The number of rotatable bonds is 5. The minimum atomic E-state index is -0.114. The number of hydrogen-bond acceptors (Lipinski definition) is 3. The van der Waals surface area contributed by atoms with Gasteiger partial charge in [0.25, 0.3) is 0 Å². The van der Waals surface area contributed by atoms with Crippen LogP contribution in [0.2, 0.25) is 5.02 Å². The first kappa shape index (κ1) is 27.8. The number of benzene rings is 2. The van der Waals surface area contributed by atoms with Crippen molar-refractivity contribution in [3.05, 3.63) is 106 Å². The van der Waals surface area contributed by atoms with Crippen molar-refractivity contribution in [3.8, 4) is 5.69 Å². The number of piperidine rings is 1. The molecule has 2 aliphatic rings. The Labute approximate surface area is 254 Å². The predicted molar refractivity (Wildman–Crippen MR) is 175 cm³/mol. The molecule has 0 saturated carbocycles. The fraction of sp³-hybridized carbons (Fsp3) is 0.353. The van der Waals surface area contributed by atoms with Gasteiger partial charge in [-0.05, 0) is 105 Å². The number of nitrogens with one attached hydrogen (secondary N) is 1. The van der Waals surface area contributed by atoms with Gasteiger partial charge in [-0.2, -0.15) is 0 Å². The summed E-state index contributed by atoms with van der Waals surface area (Å²) in [6.45, 7) is 13.3. The number of para-hydroxylation sites is 1. The van der Waals surface area contributed by atoms with E-state index in [9.17, 15) is 0 Å². The zero-order chi connectivity index (χ0) is 28.8. The SMILES string of the molecule is Cc1ccccc1-n1c(C)cc([C@@H]2[C@H](c3ccccn3)NC(=S)N2c2ccc(N3C[C@H](C)C[C@@H](C)C3)c(Cl)c2)c1C. The van der Waals surface area contributed by atoms with Crippen molar-refractivity contribution < 1.29 is 0 Å². The number of aryl methyl sites for hydroxylation is 2. The number of anilines is 2. The lowest BCUT2D eigenvalue weighted by Gasteiger charge is -2.37. The van der Waals surface area contributed by atoms with Crippen LogP contribution < -0.4 is 15.1 Å². The van der Waals surface area contributed by atoms with Crippen LogP contribution in [0.1, 0.15) is 60.6 Å². The van der Waals surface area contributed by atoms with Gasteiger partial charge in [-0.3, -0.25) is 4.98 Å². The topological polar surface area (TPSA) is 36.3 Å². The molecular weight excluding hydrogens is 546 g/mol. The molecule has 5 nitrogen and oxygen atoms in total. The van der Waals surface area contributed by atoms with Crippen molar-refractivity contribution in [2.45, 2.75) is 53.1 Å². The Hall–Kier alpha value is -3.35. The number of hydrogen-bond donors (Lipinski definition) is 1. The molecule has 4 heterocycles. The number of nitrogens with zero attached hydrogens (tertiary/aromatic N) is 4. The molecule has 4 atom stereocenters. The molecule has 2 fully saturated rings. The second-order valence-electron chi connectivity index (χ2n) is 11.9. The molecule has 1 N–H and O–H groups in total. The largest absolute Gasteiger partial charge is 0.370 e. The Balaban J connectivity index is 1.45. The normalized spacial score (nSPS) is 22.7. The highest BCUT2D eigenvalue weighted by Gasteiger charge is 2.42. The summed E-state index contributed by atoms with van der Waals surface area (Å²) in [4.78, 5) is 9.42. The Bertz CT molecular complexity index is 1570. The van der Waals surface area contributed by atoms with Crippen LogP contribution in [-0.2, 0) is 0 Å². The second kappa shape index (κ2) is 11.1. The average Bonchev–Trinajstić information content (AvgIpc) is 3.43. The Morgan fingerprint density at radius 3 is 2.32 bits per heavy atom. The van der Waals surface area contributed by atoms with E-state index < -0.39 is 0 Å². The quantitative estimate of drug-likeness (QED) is 0.240. The van der Waals surface area contributed by atoms with Crippen molar-refractivity contribution in [3.63, 3.8) is 0 Å². The highest BCUT2D eigenvalue weighted by Crippen LogP contribution is 2.45. The van der Waals surface area contributed by atoms with Gasteiger partial charge in [0, 0.05) is 42.0 Å². The molecule has 0 amide bonds. The number of halogens is 1. The van der Waals surface area contributed by atoms with Crippen LogP contribution in [0.25, 0.3) is 5.69 Å². The fourth-order valence-corrected chi connectivity index (χ4v) is 7.62.